The third-order valence-corrected chi connectivity index (χ3v) is 2.50. The molecule has 0 bridgehead atoms. The fourth-order valence-electron chi connectivity index (χ4n) is 1.35. The van der Waals surface area contributed by atoms with Crippen LogP contribution in [0.15, 0.2) is 16.7 Å². The van der Waals surface area contributed by atoms with Gasteiger partial charge in [0.2, 0.25) is 0 Å². The second kappa shape index (κ2) is 2.73. The summed E-state index contributed by atoms with van der Waals surface area (Å²) < 4.78 is 27.0. The van der Waals surface area contributed by atoms with Crippen LogP contribution in [0.5, 0.6) is 0 Å². The van der Waals surface area contributed by atoms with E-state index in [9.17, 15) is 13.6 Å². The van der Waals surface area contributed by atoms with Crippen LogP contribution in [0.25, 0.3) is 0 Å². The van der Waals surface area contributed by atoms with Crippen LogP contribution < -0.4 is 4.90 Å². The monoisotopic (exact) mass is 262 g/mol. The van der Waals surface area contributed by atoms with Gasteiger partial charge in [0.25, 0.3) is 0 Å². The van der Waals surface area contributed by atoms with Gasteiger partial charge in [0.05, 0.1) is 5.56 Å². The van der Waals surface area contributed by atoms with Crippen molar-refractivity contribution in [1.82, 2.24) is 4.98 Å². The number of amides is 1. The van der Waals surface area contributed by atoms with Crippen LogP contribution in [-0.4, -0.2) is 17.9 Å². The lowest BCUT2D eigenvalue weighted by Gasteiger charge is -2.08. The molecular weight excluding hydrogens is 258 g/mol. The number of hydrogen-bond donors (Lipinski definition) is 0. The average Bonchev–Trinajstić information content (AvgIpc) is 2.29. The first kappa shape index (κ1) is 9.51. The third-order valence-electron chi connectivity index (χ3n) is 2.06. The summed E-state index contributed by atoms with van der Waals surface area (Å²) in [6.07, 6.45) is 1.38. The number of hydrogen-bond acceptors (Lipinski definition) is 2. The molecular formula is C8H5BrF2N2O. The Labute approximate surface area is 86.9 Å². The molecule has 0 aromatic carbocycles. The molecule has 0 unspecified atom stereocenters. The highest BCUT2D eigenvalue weighted by molar-refractivity contribution is 9.10. The van der Waals surface area contributed by atoms with E-state index < -0.39 is 11.8 Å². The molecule has 74 valence electrons. The predicted octanol–water partition coefficient (Wildman–Crippen LogP) is 1.91. The number of alkyl halides is 2. The SMILES string of the molecule is CN1C(=O)C(F)(F)c2cc(Br)cnc21. The van der Waals surface area contributed by atoms with Crippen molar-refractivity contribution in [2.75, 3.05) is 11.9 Å². The van der Waals surface area contributed by atoms with Crippen LogP contribution in [0.4, 0.5) is 14.6 Å². The smallest absolute Gasteiger partial charge is 0.294 e. The van der Waals surface area contributed by atoms with Crippen molar-refractivity contribution < 1.29 is 13.6 Å². The first-order valence-corrected chi connectivity index (χ1v) is 4.56. The Bertz CT molecular complexity index is 422. The predicted molar refractivity (Wildman–Crippen MR) is 49.2 cm³/mol. The summed E-state index contributed by atoms with van der Waals surface area (Å²) in [6, 6.07) is 1.21. The van der Waals surface area contributed by atoms with Crippen molar-refractivity contribution in [3.05, 3.63) is 22.3 Å². The number of likely N-dealkylation sites (N-methyl/N-ethyl adjacent to an activating group) is 1. The van der Waals surface area contributed by atoms with Gasteiger partial charge in [0, 0.05) is 17.7 Å². The van der Waals surface area contributed by atoms with E-state index in [2.05, 4.69) is 20.9 Å². The van der Waals surface area contributed by atoms with E-state index in [1.54, 1.807) is 0 Å². The summed E-state index contributed by atoms with van der Waals surface area (Å²) in [4.78, 5) is 15.7. The van der Waals surface area contributed by atoms with Crippen molar-refractivity contribution in [2.24, 2.45) is 0 Å². The van der Waals surface area contributed by atoms with E-state index in [4.69, 9.17) is 0 Å². The standard InChI is InChI=1S/C8H5BrF2N2O/c1-13-6-5(2-4(9)3-12-6)8(10,11)7(13)14/h2-3H,1H3. The summed E-state index contributed by atoms with van der Waals surface area (Å²) >= 11 is 3.03. The number of nitrogens with zero attached hydrogens (tertiary/aromatic N) is 2. The molecule has 0 spiro atoms. The zero-order valence-electron chi connectivity index (χ0n) is 7.09. The molecule has 14 heavy (non-hydrogen) atoms. The van der Waals surface area contributed by atoms with E-state index in [0.717, 1.165) is 4.90 Å². The molecule has 0 N–H and O–H groups in total. The zero-order chi connectivity index (χ0) is 10.5. The van der Waals surface area contributed by atoms with Gasteiger partial charge in [-0.15, -0.1) is 0 Å². The van der Waals surface area contributed by atoms with Crippen LogP contribution in [0, 0.1) is 0 Å². The van der Waals surface area contributed by atoms with Crippen molar-refractivity contribution in [3.8, 4) is 0 Å². The molecule has 2 rings (SSSR count). The fourth-order valence-corrected chi connectivity index (χ4v) is 1.68. The van der Waals surface area contributed by atoms with Gasteiger partial charge in [-0.3, -0.25) is 9.69 Å². The minimum Gasteiger partial charge on any atom is -0.294 e. The number of carbonyl (C=O) groups excluding carboxylic acids is 1. The van der Waals surface area contributed by atoms with Crippen molar-refractivity contribution >= 4 is 27.7 Å². The highest BCUT2D eigenvalue weighted by atomic mass is 79.9. The van der Waals surface area contributed by atoms with Crippen LogP contribution >= 0.6 is 15.9 Å². The number of halogens is 3. The number of aromatic nitrogens is 1. The first-order valence-electron chi connectivity index (χ1n) is 3.76. The number of carbonyl (C=O) groups is 1. The van der Waals surface area contributed by atoms with E-state index in [-0.39, 0.29) is 11.4 Å². The Hall–Kier alpha value is -1.04. The summed E-state index contributed by atoms with van der Waals surface area (Å²) in [5.41, 5.74) is -0.348. The average molecular weight is 263 g/mol. The maximum absolute atomic E-state index is 13.3. The number of anilines is 1. The zero-order valence-corrected chi connectivity index (χ0v) is 8.68. The van der Waals surface area contributed by atoms with Gasteiger partial charge in [-0.2, -0.15) is 8.78 Å². The number of rotatable bonds is 0. The van der Waals surface area contributed by atoms with Gasteiger partial charge in [0.1, 0.15) is 5.82 Å². The molecule has 0 aliphatic carbocycles. The second-order valence-electron chi connectivity index (χ2n) is 2.96. The molecule has 6 heteroatoms. The van der Waals surface area contributed by atoms with E-state index in [1.165, 1.54) is 19.3 Å². The van der Waals surface area contributed by atoms with Gasteiger partial charge >= 0.3 is 11.8 Å². The molecule has 3 nitrogen and oxygen atoms in total. The van der Waals surface area contributed by atoms with Crippen LogP contribution in [0.3, 0.4) is 0 Å². The molecule has 0 saturated carbocycles. The third kappa shape index (κ3) is 1.06. The summed E-state index contributed by atoms with van der Waals surface area (Å²) in [5.74, 6) is -4.68. The largest absolute Gasteiger partial charge is 0.353 e. The molecule has 1 aromatic rings. The summed E-state index contributed by atoms with van der Waals surface area (Å²) in [7, 11) is 1.28. The second-order valence-corrected chi connectivity index (χ2v) is 3.88. The van der Waals surface area contributed by atoms with Crippen LogP contribution in [0.1, 0.15) is 5.56 Å². The Morgan fingerprint density at radius 3 is 2.86 bits per heavy atom. The van der Waals surface area contributed by atoms with Crippen LogP contribution in [-0.2, 0) is 10.7 Å². The lowest BCUT2D eigenvalue weighted by Crippen LogP contribution is -2.31. The van der Waals surface area contributed by atoms with Crippen molar-refractivity contribution in [2.45, 2.75) is 5.92 Å². The first-order chi connectivity index (χ1) is 6.44. The van der Waals surface area contributed by atoms with Crippen LogP contribution in [0.2, 0.25) is 0 Å². The van der Waals surface area contributed by atoms with Gasteiger partial charge in [-0.25, -0.2) is 4.98 Å². The Morgan fingerprint density at radius 2 is 2.21 bits per heavy atom. The fraction of sp³-hybridized carbons (Fsp3) is 0.250. The molecule has 0 saturated heterocycles. The lowest BCUT2D eigenvalue weighted by molar-refractivity contribution is -0.141. The van der Waals surface area contributed by atoms with Gasteiger partial charge in [-0.05, 0) is 22.0 Å². The van der Waals surface area contributed by atoms with Crippen molar-refractivity contribution in [1.29, 1.82) is 0 Å². The molecule has 0 atom stereocenters. The quantitative estimate of drug-likeness (QED) is 0.716. The molecule has 1 aliphatic rings. The Kier molecular flexibility index (Phi) is 1.85. The highest BCUT2D eigenvalue weighted by Gasteiger charge is 2.52. The molecule has 0 fully saturated rings. The Balaban J connectivity index is 2.69. The van der Waals surface area contributed by atoms with Gasteiger partial charge in [-0.1, -0.05) is 0 Å². The molecule has 0 radical (unpaired) electrons. The number of fused-ring (bicyclic) bond motifs is 1. The number of pyridine rings is 1. The minimum atomic E-state index is -3.46. The summed E-state index contributed by atoms with van der Waals surface area (Å²) in [6.45, 7) is 0. The molecule has 2 heterocycles. The highest BCUT2D eigenvalue weighted by Crippen LogP contribution is 2.42. The van der Waals surface area contributed by atoms with Gasteiger partial charge < -0.3 is 0 Å². The topological polar surface area (TPSA) is 33.2 Å². The van der Waals surface area contributed by atoms with Crippen molar-refractivity contribution in [3.63, 3.8) is 0 Å². The molecule has 1 aliphatic heterocycles. The maximum atomic E-state index is 13.3. The Morgan fingerprint density at radius 1 is 1.57 bits per heavy atom. The van der Waals surface area contributed by atoms with E-state index in [0.29, 0.717) is 4.47 Å². The van der Waals surface area contributed by atoms with E-state index >= 15 is 0 Å². The lowest BCUT2D eigenvalue weighted by atomic mass is 10.2. The maximum Gasteiger partial charge on any atom is 0.353 e. The molecule has 1 aromatic heterocycles. The van der Waals surface area contributed by atoms with E-state index in [1.807, 2.05) is 0 Å². The minimum absolute atomic E-state index is 0.0169. The normalized spacial score (nSPS) is 18.6. The summed E-state index contributed by atoms with van der Waals surface area (Å²) in [5, 5.41) is 0. The van der Waals surface area contributed by atoms with Gasteiger partial charge in [0.15, 0.2) is 0 Å². The molecule has 1 amide bonds.